The van der Waals surface area contributed by atoms with E-state index in [1.165, 1.54) is 36.3 Å². The summed E-state index contributed by atoms with van der Waals surface area (Å²) in [4.78, 5) is 5.32. The monoisotopic (exact) mass is 461 g/mol. The molecule has 1 fully saturated rings. The summed E-state index contributed by atoms with van der Waals surface area (Å²) in [6.45, 7) is 8.36. The highest BCUT2D eigenvalue weighted by molar-refractivity contribution is 7.27. The lowest BCUT2D eigenvalue weighted by Gasteiger charge is -2.32. The Labute approximate surface area is 202 Å². The molecule has 34 heavy (non-hydrogen) atoms. The molecule has 1 saturated heterocycles. The quantitative estimate of drug-likeness (QED) is 0.192. The second-order valence-electron chi connectivity index (χ2n) is 10.2. The van der Waals surface area contributed by atoms with Crippen molar-refractivity contribution in [3.05, 3.63) is 72.8 Å². The van der Waals surface area contributed by atoms with Crippen LogP contribution < -0.4 is 5.59 Å². The Kier molecular flexibility index (Phi) is 4.07. The maximum absolute atomic E-state index is 6.47. The van der Waals surface area contributed by atoms with Gasteiger partial charge in [0.05, 0.1) is 22.3 Å². The standard InChI is InChI=1S/C29H24BNO2S/c1-28(2)29(3,4)33-30(32-28)27-20-14-8-6-12-18(20)24-25(31-27)19-13-7-5-11-17(19)23-21-15-9-10-16-22(21)34-26(23)24/h5-16H,1-4H3. The molecule has 0 spiro atoms. The largest absolute Gasteiger partial charge is 0.515 e. The zero-order valence-corrected chi connectivity index (χ0v) is 20.5. The normalized spacial score (nSPS) is 17.6. The van der Waals surface area contributed by atoms with Gasteiger partial charge in [0.25, 0.3) is 0 Å². The summed E-state index contributed by atoms with van der Waals surface area (Å²) in [5.74, 6) is 0. The Balaban J connectivity index is 1.68. The molecule has 0 saturated carbocycles. The maximum Gasteiger partial charge on any atom is 0.515 e. The topological polar surface area (TPSA) is 31.4 Å². The van der Waals surface area contributed by atoms with Crippen molar-refractivity contribution in [1.82, 2.24) is 4.98 Å². The first-order chi connectivity index (χ1) is 16.4. The van der Waals surface area contributed by atoms with Crippen LogP contribution in [-0.2, 0) is 9.31 Å². The third-order valence-electron chi connectivity index (χ3n) is 7.69. The molecule has 166 valence electrons. The minimum absolute atomic E-state index is 0.424. The smallest absolute Gasteiger partial charge is 0.398 e. The Morgan fingerprint density at radius 1 is 0.647 bits per heavy atom. The van der Waals surface area contributed by atoms with Crippen molar-refractivity contribution in [3.8, 4) is 0 Å². The molecule has 7 rings (SSSR count). The molecule has 1 aliphatic heterocycles. The van der Waals surface area contributed by atoms with Gasteiger partial charge in [-0.15, -0.1) is 11.3 Å². The summed E-state index contributed by atoms with van der Waals surface area (Å²) in [6, 6.07) is 25.9. The summed E-state index contributed by atoms with van der Waals surface area (Å²) in [5, 5.41) is 8.52. The van der Waals surface area contributed by atoms with Crippen LogP contribution in [0.1, 0.15) is 27.7 Å². The second kappa shape index (κ2) is 6.79. The molecule has 3 nitrogen and oxygen atoms in total. The van der Waals surface area contributed by atoms with E-state index in [9.17, 15) is 0 Å². The second-order valence-corrected chi connectivity index (χ2v) is 11.3. The van der Waals surface area contributed by atoms with Crippen LogP contribution in [0.15, 0.2) is 72.8 Å². The van der Waals surface area contributed by atoms with Crippen LogP contribution >= 0.6 is 11.3 Å². The highest BCUT2D eigenvalue weighted by Crippen LogP contribution is 2.45. The number of nitrogens with zero attached hydrogens (tertiary/aromatic N) is 1. The minimum Gasteiger partial charge on any atom is -0.398 e. The van der Waals surface area contributed by atoms with Crippen molar-refractivity contribution < 1.29 is 9.31 Å². The van der Waals surface area contributed by atoms with E-state index in [0.717, 1.165) is 21.9 Å². The molecule has 4 aromatic carbocycles. The van der Waals surface area contributed by atoms with Crippen LogP contribution in [0.25, 0.3) is 52.6 Å². The maximum atomic E-state index is 6.47. The van der Waals surface area contributed by atoms with Gasteiger partial charge < -0.3 is 9.31 Å². The van der Waals surface area contributed by atoms with E-state index in [1.54, 1.807) is 0 Å². The van der Waals surface area contributed by atoms with Crippen molar-refractivity contribution in [2.75, 3.05) is 0 Å². The SMILES string of the molecule is CC1(C)OB(c2nc3c4ccccc4c4c5ccccc5sc4c3c3ccccc23)OC1(C)C. The molecule has 2 aromatic heterocycles. The van der Waals surface area contributed by atoms with Crippen LogP contribution in [0.3, 0.4) is 0 Å². The van der Waals surface area contributed by atoms with Crippen molar-refractivity contribution >= 4 is 76.7 Å². The number of thiophene rings is 1. The van der Waals surface area contributed by atoms with E-state index in [0.29, 0.717) is 0 Å². The van der Waals surface area contributed by atoms with Gasteiger partial charge in [0.2, 0.25) is 0 Å². The van der Waals surface area contributed by atoms with E-state index in [2.05, 4.69) is 100 Å². The molecule has 0 atom stereocenters. The molecule has 0 amide bonds. The van der Waals surface area contributed by atoms with Crippen LogP contribution in [-0.4, -0.2) is 23.3 Å². The average molecular weight is 461 g/mol. The highest BCUT2D eigenvalue weighted by Gasteiger charge is 2.53. The lowest BCUT2D eigenvalue weighted by molar-refractivity contribution is 0.00578. The summed E-state index contributed by atoms with van der Waals surface area (Å²) < 4.78 is 15.5. The van der Waals surface area contributed by atoms with Gasteiger partial charge >= 0.3 is 7.12 Å². The Bertz CT molecular complexity index is 1770. The summed E-state index contributed by atoms with van der Waals surface area (Å²) in [7, 11) is -0.517. The van der Waals surface area contributed by atoms with E-state index in [-0.39, 0.29) is 0 Å². The van der Waals surface area contributed by atoms with E-state index in [1.807, 2.05) is 11.3 Å². The first-order valence-corrected chi connectivity index (χ1v) is 12.6. The number of benzene rings is 4. The van der Waals surface area contributed by atoms with Gasteiger partial charge in [0.1, 0.15) is 0 Å². The van der Waals surface area contributed by atoms with Crippen LogP contribution in [0.5, 0.6) is 0 Å². The molecule has 1 aliphatic rings. The molecule has 3 heterocycles. The third-order valence-corrected chi connectivity index (χ3v) is 8.88. The number of aromatic nitrogens is 1. The molecular weight excluding hydrogens is 437 g/mol. The van der Waals surface area contributed by atoms with Gasteiger partial charge in [-0.25, -0.2) is 0 Å². The summed E-state index contributed by atoms with van der Waals surface area (Å²) in [6.07, 6.45) is 0. The Morgan fingerprint density at radius 3 is 1.85 bits per heavy atom. The predicted molar refractivity (Wildman–Crippen MR) is 145 cm³/mol. The fraction of sp³-hybridized carbons (Fsp3) is 0.207. The van der Waals surface area contributed by atoms with Crippen molar-refractivity contribution in [3.63, 3.8) is 0 Å². The van der Waals surface area contributed by atoms with Crippen molar-refractivity contribution in [2.45, 2.75) is 38.9 Å². The van der Waals surface area contributed by atoms with Gasteiger partial charge in [-0.05, 0) is 44.5 Å². The summed E-state index contributed by atoms with van der Waals surface area (Å²) in [5.41, 5.74) is 1.02. The third kappa shape index (κ3) is 2.63. The van der Waals surface area contributed by atoms with E-state index < -0.39 is 18.3 Å². The molecule has 0 unspecified atom stereocenters. The molecular formula is C29H24BNO2S. The molecule has 0 radical (unpaired) electrons. The van der Waals surface area contributed by atoms with Crippen LogP contribution in [0.2, 0.25) is 0 Å². The van der Waals surface area contributed by atoms with Gasteiger partial charge in [-0.2, -0.15) is 0 Å². The van der Waals surface area contributed by atoms with Crippen LogP contribution in [0.4, 0.5) is 0 Å². The zero-order valence-electron chi connectivity index (χ0n) is 19.7. The lowest BCUT2D eigenvalue weighted by Crippen LogP contribution is -2.41. The Hall–Kier alpha value is -2.99. The van der Waals surface area contributed by atoms with Gasteiger partial charge in [-0.3, -0.25) is 4.98 Å². The molecule has 5 heteroatoms. The predicted octanol–water partition coefficient (Wildman–Crippen LogP) is 7.21. The van der Waals surface area contributed by atoms with E-state index in [4.69, 9.17) is 14.3 Å². The first-order valence-electron chi connectivity index (χ1n) is 11.8. The highest BCUT2D eigenvalue weighted by atomic mass is 32.1. The van der Waals surface area contributed by atoms with E-state index >= 15 is 0 Å². The Morgan fingerprint density at radius 2 is 1.18 bits per heavy atom. The molecule has 0 aliphatic carbocycles. The molecule has 6 aromatic rings. The summed E-state index contributed by atoms with van der Waals surface area (Å²) >= 11 is 1.86. The molecule has 0 bridgehead atoms. The molecule has 0 N–H and O–H groups in total. The number of hydrogen-bond donors (Lipinski definition) is 0. The van der Waals surface area contributed by atoms with Gasteiger partial charge in [-0.1, -0.05) is 66.7 Å². The van der Waals surface area contributed by atoms with Gasteiger partial charge in [0.15, 0.2) is 0 Å². The first kappa shape index (κ1) is 20.4. The average Bonchev–Trinajstić information content (AvgIpc) is 3.32. The minimum atomic E-state index is -0.517. The lowest BCUT2D eigenvalue weighted by atomic mass is 9.80. The number of rotatable bonds is 1. The van der Waals surface area contributed by atoms with Crippen molar-refractivity contribution in [2.24, 2.45) is 0 Å². The van der Waals surface area contributed by atoms with Crippen molar-refractivity contribution in [1.29, 1.82) is 0 Å². The number of fused-ring (bicyclic) bond motifs is 10. The zero-order chi connectivity index (χ0) is 23.2. The number of pyridine rings is 1. The van der Waals surface area contributed by atoms with Gasteiger partial charge in [0, 0.05) is 36.3 Å². The fourth-order valence-electron chi connectivity index (χ4n) is 5.24. The fourth-order valence-corrected chi connectivity index (χ4v) is 6.52. The van der Waals surface area contributed by atoms with Crippen LogP contribution in [0, 0.1) is 0 Å². The number of hydrogen-bond acceptors (Lipinski definition) is 4.